The third-order valence-corrected chi connectivity index (χ3v) is 3.86. The monoisotopic (exact) mass is 353 g/mol. The molecule has 1 rings (SSSR count). The number of amides is 1. The van der Waals surface area contributed by atoms with Crippen molar-refractivity contribution in [1.82, 2.24) is 5.32 Å². The summed E-state index contributed by atoms with van der Waals surface area (Å²) in [7, 11) is 0. The summed E-state index contributed by atoms with van der Waals surface area (Å²) in [5, 5.41) is 2.95. The number of Topliss-reactive ketones (excluding diaryl/α,β-unsaturated/α-hetero) is 1. The topological polar surface area (TPSA) is 46.2 Å². The summed E-state index contributed by atoms with van der Waals surface area (Å²) in [6, 6.07) is 7.39. The Balaban J connectivity index is 2.32. The molecule has 1 N–H and O–H groups in total. The van der Waals surface area contributed by atoms with Gasteiger partial charge in [0, 0.05) is 28.9 Å². The molecule has 1 aromatic carbocycles. The molecule has 0 heterocycles. The molecule has 0 bridgehead atoms. The zero-order valence-electron chi connectivity index (χ0n) is 13.0. The van der Waals surface area contributed by atoms with E-state index in [-0.39, 0.29) is 30.6 Å². The van der Waals surface area contributed by atoms with Crippen LogP contribution in [0.3, 0.4) is 0 Å². The van der Waals surface area contributed by atoms with Crippen LogP contribution < -0.4 is 5.32 Å². The molecule has 0 saturated heterocycles. The number of benzene rings is 1. The Morgan fingerprint density at radius 3 is 2.24 bits per heavy atom. The van der Waals surface area contributed by atoms with Crippen molar-refractivity contribution >= 4 is 27.6 Å². The second kappa shape index (κ2) is 8.98. The molecule has 3 nitrogen and oxygen atoms in total. The van der Waals surface area contributed by atoms with Gasteiger partial charge in [0.2, 0.25) is 5.91 Å². The SMILES string of the molecule is CC(C)CCC(C)NC(=O)CCC(=O)c1ccc(Br)cc1. The Kier molecular flexibility index (Phi) is 7.65. The normalized spacial score (nSPS) is 12.2. The van der Waals surface area contributed by atoms with Crippen molar-refractivity contribution in [2.45, 2.75) is 52.5 Å². The molecule has 1 unspecified atom stereocenters. The van der Waals surface area contributed by atoms with Crippen LogP contribution in [0.1, 0.15) is 56.8 Å². The molecule has 0 aromatic heterocycles. The van der Waals surface area contributed by atoms with Crippen molar-refractivity contribution < 1.29 is 9.59 Å². The van der Waals surface area contributed by atoms with Crippen LogP contribution in [-0.2, 0) is 4.79 Å². The second-order valence-corrected chi connectivity index (χ2v) is 6.79. The average molecular weight is 354 g/mol. The molecule has 1 atom stereocenters. The predicted molar refractivity (Wildman–Crippen MR) is 89.4 cm³/mol. The van der Waals surface area contributed by atoms with Gasteiger partial charge in [-0.2, -0.15) is 0 Å². The number of rotatable bonds is 8. The van der Waals surface area contributed by atoms with Crippen LogP contribution >= 0.6 is 15.9 Å². The Morgan fingerprint density at radius 2 is 1.67 bits per heavy atom. The summed E-state index contributed by atoms with van der Waals surface area (Å²) in [6.07, 6.45) is 2.58. The molecule has 1 amide bonds. The minimum absolute atomic E-state index is 0.00693. The van der Waals surface area contributed by atoms with Crippen molar-refractivity contribution in [2.75, 3.05) is 0 Å². The third kappa shape index (κ3) is 7.42. The van der Waals surface area contributed by atoms with Gasteiger partial charge in [-0.25, -0.2) is 0 Å². The van der Waals surface area contributed by atoms with Gasteiger partial charge in [0.1, 0.15) is 0 Å². The van der Waals surface area contributed by atoms with Crippen molar-refractivity contribution in [3.05, 3.63) is 34.3 Å². The number of nitrogens with one attached hydrogen (secondary N) is 1. The Labute approximate surface area is 135 Å². The minimum atomic E-state index is -0.0447. The van der Waals surface area contributed by atoms with Gasteiger partial charge in [-0.15, -0.1) is 0 Å². The van der Waals surface area contributed by atoms with Crippen LogP contribution in [0.5, 0.6) is 0 Å². The first-order chi connectivity index (χ1) is 9.88. The third-order valence-electron chi connectivity index (χ3n) is 3.33. The maximum Gasteiger partial charge on any atom is 0.220 e. The van der Waals surface area contributed by atoms with Crippen LogP contribution in [0.15, 0.2) is 28.7 Å². The molecule has 0 fully saturated rings. The van der Waals surface area contributed by atoms with Crippen LogP contribution in [0.2, 0.25) is 0 Å². The molecule has 116 valence electrons. The number of halogens is 1. The van der Waals surface area contributed by atoms with Crippen molar-refractivity contribution in [3.63, 3.8) is 0 Å². The lowest BCUT2D eigenvalue weighted by molar-refractivity contribution is -0.121. The van der Waals surface area contributed by atoms with Gasteiger partial charge in [-0.1, -0.05) is 41.9 Å². The van der Waals surface area contributed by atoms with Gasteiger partial charge >= 0.3 is 0 Å². The zero-order valence-corrected chi connectivity index (χ0v) is 14.6. The molecule has 0 saturated carbocycles. The highest BCUT2D eigenvalue weighted by Gasteiger charge is 2.11. The molecule has 0 aliphatic carbocycles. The fourth-order valence-corrected chi connectivity index (χ4v) is 2.27. The van der Waals surface area contributed by atoms with E-state index in [0.29, 0.717) is 11.5 Å². The van der Waals surface area contributed by atoms with Crippen LogP contribution in [0.25, 0.3) is 0 Å². The van der Waals surface area contributed by atoms with Gasteiger partial charge in [-0.3, -0.25) is 9.59 Å². The minimum Gasteiger partial charge on any atom is -0.354 e. The quantitative estimate of drug-likeness (QED) is 0.706. The molecular weight excluding hydrogens is 330 g/mol. The first kappa shape index (κ1) is 17.9. The first-order valence-electron chi connectivity index (χ1n) is 7.46. The number of hydrogen-bond donors (Lipinski definition) is 1. The van der Waals surface area contributed by atoms with E-state index < -0.39 is 0 Å². The Bertz CT molecular complexity index is 468. The molecule has 0 aliphatic rings. The maximum atomic E-state index is 12.0. The summed E-state index contributed by atoms with van der Waals surface area (Å²) in [5.41, 5.74) is 0.652. The lowest BCUT2D eigenvalue weighted by Gasteiger charge is -2.14. The molecule has 0 aliphatic heterocycles. The molecule has 0 radical (unpaired) electrons. The molecule has 1 aromatic rings. The number of ketones is 1. The first-order valence-corrected chi connectivity index (χ1v) is 8.26. The van der Waals surface area contributed by atoms with E-state index in [1.807, 2.05) is 19.1 Å². The van der Waals surface area contributed by atoms with Gasteiger partial charge in [0.05, 0.1) is 0 Å². The lowest BCUT2D eigenvalue weighted by Crippen LogP contribution is -2.32. The van der Waals surface area contributed by atoms with Gasteiger partial charge in [-0.05, 0) is 37.8 Å². The van der Waals surface area contributed by atoms with Crippen molar-refractivity contribution in [3.8, 4) is 0 Å². The fraction of sp³-hybridized carbons (Fsp3) is 0.529. The van der Waals surface area contributed by atoms with E-state index in [1.165, 1.54) is 0 Å². The van der Waals surface area contributed by atoms with Crippen molar-refractivity contribution in [1.29, 1.82) is 0 Å². The van der Waals surface area contributed by atoms with E-state index in [0.717, 1.165) is 17.3 Å². The van der Waals surface area contributed by atoms with E-state index in [1.54, 1.807) is 12.1 Å². The summed E-state index contributed by atoms with van der Waals surface area (Å²) in [4.78, 5) is 23.8. The molecule has 21 heavy (non-hydrogen) atoms. The standard InChI is InChI=1S/C17H24BrNO2/c1-12(2)4-5-13(3)19-17(21)11-10-16(20)14-6-8-15(18)9-7-14/h6-9,12-13H,4-5,10-11H2,1-3H3,(H,19,21). The highest BCUT2D eigenvalue weighted by molar-refractivity contribution is 9.10. The number of carbonyl (C=O) groups is 2. The summed E-state index contributed by atoms with van der Waals surface area (Å²) < 4.78 is 0.941. The van der Waals surface area contributed by atoms with E-state index in [2.05, 4.69) is 35.1 Å². The largest absolute Gasteiger partial charge is 0.354 e. The molecule has 4 heteroatoms. The molecular formula is C17H24BrNO2. The summed E-state index contributed by atoms with van der Waals surface area (Å²) >= 11 is 3.33. The van der Waals surface area contributed by atoms with Gasteiger partial charge in [0.15, 0.2) is 5.78 Å². The highest BCUT2D eigenvalue weighted by Crippen LogP contribution is 2.13. The van der Waals surface area contributed by atoms with Crippen LogP contribution in [0, 0.1) is 5.92 Å². The number of hydrogen-bond acceptors (Lipinski definition) is 2. The van der Waals surface area contributed by atoms with Crippen LogP contribution in [-0.4, -0.2) is 17.7 Å². The summed E-state index contributed by atoms with van der Waals surface area (Å²) in [5.74, 6) is 0.604. The smallest absolute Gasteiger partial charge is 0.220 e. The average Bonchev–Trinajstić information content (AvgIpc) is 2.43. The van der Waals surface area contributed by atoms with Crippen LogP contribution in [0.4, 0.5) is 0 Å². The highest BCUT2D eigenvalue weighted by atomic mass is 79.9. The fourth-order valence-electron chi connectivity index (χ4n) is 2.01. The van der Waals surface area contributed by atoms with Gasteiger partial charge < -0.3 is 5.32 Å². The Morgan fingerprint density at radius 1 is 1.05 bits per heavy atom. The number of carbonyl (C=O) groups excluding carboxylic acids is 2. The summed E-state index contributed by atoms with van der Waals surface area (Å²) in [6.45, 7) is 6.35. The maximum absolute atomic E-state index is 12.0. The van der Waals surface area contributed by atoms with Crippen molar-refractivity contribution in [2.24, 2.45) is 5.92 Å². The van der Waals surface area contributed by atoms with E-state index >= 15 is 0 Å². The predicted octanol–water partition coefficient (Wildman–Crippen LogP) is 4.35. The van der Waals surface area contributed by atoms with E-state index in [4.69, 9.17) is 0 Å². The molecule has 0 spiro atoms. The van der Waals surface area contributed by atoms with E-state index in [9.17, 15) is 9.59 Å². The Hall–Kier alpha value is -1.16. The second-order valence-electron chi connectivity index (χ2n) is 5.87. The zero-order chi connectivity index (χ0) is 15.8. The van der Waals surface area contributed by atoms with Gasteiger partial charge in [0.25, 0.3) is 0 Å². The lowest BCUT2D eigenvalue weighted by atomic mass is 10.0.